The Kier molecular flexibility index (Phi) is 5.46. The number of hydrogen-bond donors (Lipinski definition) is 1. The van der Waals surface area contributed by atoms with Gasteiger partial charge in [-0.05, 0) is 25.3 Å². The molecule has 0 saturated heterocycles. The van der Waals surface area contributed by atoms with E-state index in [2.05, 4.69) is 31.2 Å². The maximum atomic E-state index is 9.77. The van der Waals surface area contributed by atoms with Crippen LogP contribution in [0.3, 0.4) is 0 Å². The number of benzene rings is 1. The van der Waals surface area contributed by atoms with Crippen LogP contribution >= 0.6 is 0 Å². The lowest BCUT2D eigenvalue weighted by Gasteiger charge is -2.19. The van der Waals surface area contributed by atoms with Crippen molar-refractivity contribution in [3.05, 3.63) is 35.4 Å². The monoisotopic (exact) mass is 224 g/mol. The van der Waals surface area contributed by atoms with Gasteiger partial charge in [-0.1, -0.05) is 29.8 Å². The van der Waals surface area contributed by atoms with Crippen molar-refractivity contribution >= 4 is 0 Å². The maximum absolute atomic E-state index is 9.77. The van der Waals surface area contributed by atoms with Gasteiger partial charge in [-0.2, -0.15) is 0 Å². The first-order valence-corrected chi connectivity index (χ1v) is 5.46. The van der Waals surface area contributed by atoms with Crippen molar-refractivity contribution in [3.63, 3.8) is 0 Å². The minimum atomic E-state index is -0.587. The molecule has 1 rings (SSSR count). The minimum Gasteiger partial charge on any atom is -0.388 e. The summed E-state index contributed by atoms with van der Waals surface area (Å²) in [5.41, 5.74) is 2.46. The third-order valence-electron chi connectivity index (χ3n) is 2.63. The van der Waals surface area contributed by atoms with E-state index in [-0.39, 0.29) is 0 Å². The number of ether oxygens (including phenoxy) is 2. The minimum absolute atomic E-state index is 0.537. The first-order chi connectivity index (χ1) is 7.67. The highest BCUT2D eigenvalue weighted by atomic mass is 16.7. The summed E-state index contributed by atoms with van der Waals surface area (Å²) in [5, 5.41) is 9.77. The van der Waals surface area contributed by atoms with E-state index in [1.54, 1.807) is 0 Å². The van der Waals surface area contributed by atoms with Crippen LogP contribution < -0.4 is 0 Å². The highest BCUT2D eigenvalue weighted by Crippen LogP contribution is 2.10. The van der Waals surface area contributed by atoms with Crippen LogP contribution in [-0.2, 0) is 15.9 Å². The fourth-order valence-electron chi connectivity index (χ4n) is 1.62. The van der Waals surface area contributed by atoms with E-state index in [1.165, 1.54) is 25.3 Å². The van der Waals surface area contributed by atoms with Gasteiger partial charge in [0.25, 0.3) is 0 Å². The van der Waals surface area contributed by atoms with Crippen LogP contribution in [-0.4, -0.2) is 31.7 Å². The lowest BCUT2D eigenvalue weighted by molar-refractivity contribution is -0.165. The molecule has 1 aromatic rings. The highest BCUT2D eigenvalue weighted by Gasteiger charge is 2.17. The molecular formula is C13H20O3. The van der Waals surface area contributed by atoms with E-state index in [4.69, 9.17) is 9.47 Å². The van der Waals surface area contributed by atoms with Crippen LogP contribution in [0.2, 0.25) is 0 Å². The van der Waals surface area contributed by atoms with Gasteiger partial charge in [-0.25, -0.2) is 0 Å². The Morgan fingerprint density at radius 2 is 1.69 bits per heavy atom. The molecule has 3 heteroatoms. The molecular weight excluding hydrogens is 204 g/mol. The summed E-state index contributed by atoms with van der Waals surface area (Å²) in [6, 6.07) is 8.31. The summed E-state index contributed by atoms with van der Waals surface area (Å²) in [7, 11) is 3.06. The van der Waals surface area contributed by atoms with Crippen molar-refractivity contribution < 1.29 is 14.6 Å². The first kappa shape index (κ1) is 13.2. The third kappa shape index (κ3) is 3.93. The Bertz CT molecular complexity index is 291. The van der Waals surface area contributed by atoms with Crippen molar-refractivity contribution in [1.82, 2.24) is 0 Å². The molecule has 1 atom stereocenters. The molecule has 1 N–H and O–H groups in total. The van der Waals surface area contributed by atoms with Crippen LogP contribution in [0.4, 0.5) is 0 Å². The van der Waals surface area contributed by atoms with E-state index in [0.29, 0.717) is 6.42 Å². The summed E-state index contributed by atoms with van der Waals surface area (Å²) in [5.74, 6) is 0. The number of aliphatic hydroxyl groups is 1. The molecule has 16 heavy (non-hydrogen) atoms. The summed E-state index contributed by atoms with van der Waals surface area (Å²) < 4.78 is 9.99. The molecule has 0 bridgehead atoms. The van der Waals surface area contributed by atoms with Gasteiger partial charge in [-0.3, -0.25) is 0 Å². The van der Waals surface area contributed by atoms with Crippen molar-refractivity contribution in [2.45, 2.75) is 32.2 Å². The predicted octanol–water partition coefficient (Wildman–Crippen LogP) is 1.91. The Hall–Kier alpha value is -0.900. The van der Waals surface area contributed by atoms with E-state index in [0.717, 1.165) is 6.42 Å². The molecule has 0 aliphatic heterocycles. The Labute approximate surface area is 97.0 Å². The number of aryl methyl sites for hydroxylation is 2. The Morgan fingerprint density at radius 1 is 1.12 bits per heavy atom. The molecule has 0 aliphatic carbocycles. The maximum Gasteiger partial charge on any atom is 0.182 e. The van der Waals surface area contributed by atoms with Gasteiger partial charge in [0.15, 0.2) is 6.29 Å². The molecule has 1 unspecified atom stereocenters. The molecule has 0 aliphatic rings. The number of aliphatic hydroxyl groups excluding tert-OH is 1. The zero-order chi connectivity index (χ0) is 12.0. The molecule has 0 aromatic heterocycles. The molecule has 90 valence electrons. The fraction of sp³-hybridized carbons (Fsp3) is 0.538. The number of rotatable bonds is 6. The Balaban J connectivity index is 2.42. The van der Waals surface area contributed by atoms with Crippen LogP contribution in [0.25, 0.3) is 0 Å². The fourth-order valence-corrected chi connectivity index (χ4v) is 1.62. The third-order valence-corrected chi connectivity index (χ3v) is 2.63. The second kappa shape index (κ2) is 6.63. The van der Waals surface area contributed by atoms with Crippen molar-refractivity contribution in [1.29, 1.82) is 0 Å². The average molecular weight is 224 g/mol. The van der Waals surface area contributed by atoms with Gasteiger partial charge in [0.2, 0.25) is 0 Å². The molecule has 1 aromatic carbocycles. The molecule has 0 amide bonds. The predicted molar refractivity (Wildman–Crippen MR) is 63.3 cm³/mol. The molecule has 0 heterocycles. The van der Waals surface area contributed by atoms with Crippen molar-refractivity contribution in [2.24, 2.45) is 0 Å². The molecule has 0 radical (unpaired) electrons. The normalized spacial score (nSPS) is 13.1. The summed E-state index contributed by atoms with van der Waals surface area (Å²) >= 11 is 0. The highest BCUT2D eigenvalue weighted by molar-refractivity contribution is 5.21. The van der Waals surface area contributed by atoms with Gasteiger partial charge in [0, 0.05) is 14.2 Å². The summed E-state index contributed by atoms with van der Waals surface area (Å²) in [4.78, 5) is 0. The van der Waals surface area contributed by atoms with E-state index in [1.807, 2.05) is 0 Å². The molecule has 3 nitrogen and oxygen atoms in total. The van der Waals surface area contributed by atoms with Crippen molar-refractivity contribution in [2.75, 3.05) is 14.2 Å². The van der Waals surface area contributed by atoms with Gasteiger partial charge < -0.3 is 14.6 Å². The van der Waals surface area contributed by atoms with Crippen molar-refractivity contribution in [3.8, 4) is 0 Å². The first-order valence-electron chi connectivity index (χ1n) is 5.46. The SMILES string of the molecule is COC(OC)C(O)CCc1ccc(C)cc1. The van der Waals surface area contributed by atoms with Crippen LogP contribution in [0.1, 0.15) is 17.5 Å². The topological polar surface area (TPSA) is 38.7 Å². The lowest BCUT2D eigenvalue weighted by Crippen LogP contribution is -2.30. The van der Waals surface area contributed by atoms with E-state index in [9.17, 15) is 5.11 Å². The molecule has 0 saturated carbocycles. The van der Waals surface area contributed by atoms with E-state index < -0.39 is 12.4 Å². The summed E-state index contributed by atoms with van der Waals surface area (Å²) in [6.07, 6.45) is 0.335. The van der Waals surface area contributed by atoms with Crippen LogP contribution in [0.15, 0.2) is 24.3 Å². The quantitative estimate of drug-likeness (QED) is 0.750. The summed E-state index contributed by atoms with van der Waals surface area (Å²) in [6.45, 7) is 2.06. The number of methoxy groups -OCH3 is 2. The molecule has 0 spiro atoms. The van der Waals surface area contributed by atoms with Gasteiger partial charge in [0.05, 0.1) is 0 Å². The Morgan fingerprint density at radius 3 is 2.19 bits per heavy atom. The van der Waals surface area contributed by atoms with Crippen LogP contribution in [0.5, 0.6) is 0 Å². The van der Waals surface area contributed by atoms with Gasteiger partial charge in [0.1, 0.15) is 6.10 Å². The van der Waals surface area contributed by atoms with E-state index >= 15 is 0 Å². The number of hydrogen-bond acceptors (Lipinski definition) is 3. The zero-order valence-corrected chi connectivity index (χ0v) is 10.1. The standard InChI is InChI=1S/C13H20O3/c1-10-4-6-11(7-5-10)8-9-12(14)13(15-2)16-3/h4-7,12-14H,8-9H2,1-3H3. The second-order valence-corrected chi connectivity index (χ2v) is 3.93. The van der Waals surface area contributed by atoms with Gasteiger partial charge >= 0.3 is 0 Å². The zero-order valence-electron chi connectivity index (χ0n) is 10.1. The second-order valence-electron chi connectivity index (χ2n) is 3.93. The van der Waals surface area contributed by atoms with Gasteiger partial charge in [-0.15, -0.1) is 0 Å². The smallest absolute Gasteiger partial charge is 0.182 e. The largest absolute Gasteiger partial charge is 0.388 e. The van der Waals surface area contributed by atoms with Crippen LogP contribution in [0, 0.1) is 6.92 Å². The lowest BCUT2D eigenvalue weighted by atomic mass is 10.1. The average Bonchev–Trinajstić information content (AvgIpc) is 2.30. The molecule has 0 fully saturated rings.